The molecule has 21 heavy (non-hydrogen) atoms. The number of alkyl halides is 3. The number of halogens is 3. The fraction of sp³-hybridized carbons (Fsp3) is 0.133. The summed E-state index contributed by atoms with van der Waals surface area (Å²) < 4.78 is 29.0. The topological polar surface area (TPSA) is 38.3 Å². The molecule has 3 nitrogen and oxygen atoms in total. The predicted molar refractivity (Wildman–Crippen MR) is 80.1 cm³/mol. The van der Waals surface area contributed by atoms with Crippen LogP contribution in [0.2, 0.25) is 0 Å². The quantitative estimate of drug-likeness (QED) is 0.805. The van der Waals surface area contributed by atoms with E-state index in [0.717, 1.165) is 5.56 Å². The van der Waals surface area contributed by atoms with E-state index in [4.69, 9.17) is 0 Å². The first-order valence-corrected chi connectivity index (χ1v) is 7.22. The molecule has 0 aromatic heterocycles. The van der Waals surface area contributed by atoms with Crippen molar-refractivity contribution in [3.05, 3.63) is 59.7 Å². The van der Waals surface area contributed by atoms with Crippen LogP contribution in [-0.2, 0) is 5.33 Å². The number of rotatable bonds is 5. The van der Waals surface area contributed by atoms with Crippen LogP contribution in [0, 0.1) is 0 Å². The van der Waals surface area contributed by atoms with Crippen LogP contribution >= 0.6 is 15.9 Å². The third-order valence-corrected chi connectivity index (χ3v) is 3.36. The number of anilines is 1. The zero-order chi connectivity index (χ0) is 15.2. The van der Waals surface area contributed by atoms with Crippen LogP contribution in [0.3, 0.4) is 0 Å². The van der Waals surface area contributed by atoms with E-state index in [0.29, 0.717) is 11.0 Å². The van der Waals surface area contributed by atoms with Crippen molar-refractivity contribution in [3.63, 3.8) is 0 Å². The lowest BCUT2D eigenvalue weighted by Gasteiger charge is -2.11. The summed E-state index contributed by atoms with van der Waals surface area (Å²) in [5, 5.41) is 3.36. The number of amides is 1. The number of benzene rings is 2. The van der Waals surface area contributed by atoms with Crippen molar-refractivity contribution in [2.24, 2.45) is 0 Å². The average Bonchev–Trinajstić information content (AvgIpc) is 2.48. The number of hydrogen-bond acceptors (Lipinski definition) is 2. The minimum absolute atomic E-state index is 0.0577. The van der Waals surface area contributed by atoms with E-state index in [1.807, 2.05) is 12.1 Å². The van der Waals surface area contributed by atoms with Crippen molar-refractivity contribution in [1.82, 2.24) is 0 Å². The van der Waals surface area contributed by atoms with Gasteiger partial charge in [-0.2, -0.15) is 8.78 Å². The van der Waals surface area contributed by atoms with E-state index >= 15 is 0 Å². The van der Waals surface area contributed by atoms with Crippen LogP contribution in [0.1, 0.15) is 15.9 Å². The summed E-state index contributed by atoms with van der Waals surface area (Å²) in [6, 6.07) is 13.1. The first kappa shape index (κ1) is 15.4. The maximum atomic E-state index is 12.3. The fourth-order valence-corrected chi connectivity index (χ4v) is 2.10. The minimum Gasteiger partial charge on any atom is -0.434 e. The van der Waals surface area contributed by atoms with E-state index in [9.17, 15) is 13.6 Å². The molecule has 0 aliphatic heterocycles. The number of ether oxygens (including phenoxy) is 1. The van der Waals surface area contributed by atoms with Crippen LogP contribution in [0.25, 0.3) is 0 Å². The smallest absolute Gasteiger partial charge is 0.387 e. The number of hydrogen-bond donors (Lipinski definition) is 1. The summed E-state index contributed by atoms with van der Waals surface area (Å²) in [6.07, 6.45) is 0. The Morgan fingerprint density at radius 1 is 1.14 bits per heavy atom. The van der Waals surface area contributed by atoms with Crippen LogP contribution < -0.4 is 10.1 Å². The van der Waals surface area contributed by atoms with Gasteiger partial charge in [-0.25, -0.2) is 0 Å². The molecule has 1 N–H and O–H groups in total. The Morgan fingerprint density at radius 3 is 2.43 bits per heavy atom. The second-order valence-corrected chi connectivity index (χ2v) is 4.72. The lowest BCUT2D eigenvalue weighted by molar-refractivity contribution is -0.0501. The monoisotopic (exact) mass is 355 g/mol. The van der Waals surface area contributed by atoms with Gasteiger partial charge in [0.05, 0.1) is 5.56 Å². The maximum Gasteiger partial charge on any atom is 0.387 e. The molecule has 6 heteroatoms. The molecule has 0 aliphatic rings. The van der Waals surface area contributed by atoms with Gasteiger partial charge >= 0.3 is 6.61 Å². The Labute approximate surface area is 129 Å². The fourth-order valence-electron chi connectivity index (χ4n) is 1.73. The summed E-state index contributed by atoms with van der Waals surface area (Å²) in [5.41, 5.74) is 1.70. The standard InChI is InChI=1S/C15H12BrF2NO2/c16-9-10-5-7-11(8-6-10)19-14(20)12-3-1-2-4-13(12)21-15(17)18/h1-8,15H,9H2,(H,19,20). The van der Waals surface area contributed by atoms with Crippen molar-refractivity contribution in [2.45, 2.75) is 11.9 Å². The highest BCUT2D eigenvalue weighted by atomic mass is 79.9. The highest BCUT2D eigenvalue weighted by Gasteiger charge is 2.15. The molecule has 0 bridgehead atoms. The van der Waals surface area contributed by atoms with Gasteiger partial charge in [0.2, 0.25) is 0 Å². The normalized spacial score (nSPS) is 10.5. The van der Waals surface area contributed by atoms with Crippen molar-refractivity contribution in [1.29, 1.82) is 0 Å². The van der Waals surface area contributed by atoms with Crippen molar-refractivity contribution in [2.75, 3.05) is 5.32 Å². The van der Waals surface area contributed by atoms with Gasteiger partial charge < -0.3 is 10.1 Å². The Balaban J connectivity index is 2.16. The van der Waals surface area contributed by atoms with Gasteiger partial charge in [0.1, 0.15) is 5.75 Å². The average molecular weight is 356 g/mol. The Morgan fingerprint density at radius 2 is 1.81 bits per heavy atom. The summed E-state index contributed by atoms with van der Waals surface area (Å²) in [5.74, 6) is -0.653. The highest BCUT2D eigenvalue weighted by Crippen LogP contribution is 2.22. The van der Waals surface area contributed by atoms with Crippen LogP contribution in [0.4, 0.5) is 14.5 Å². The van der Waals surface area contributed by atoms with E-state index in [1.54, 1.807) is 18.2 Å². The van der Waals surface area contributed by atoms with Gasteiger partial charge in [0, 0.05) is 11.0 Å². The molecule has 0 unspecified atom stereocenters. The molecule has 2 aromatic rings. The molecule has 0 heterocycles. The molecular formula is C15H12BrF2NO2. The summed E-state index contributed by atoms with van der Waals surface area (Å²) in [6.45, 7) is -2.97. The maximum absolute atomic E-state index is 12.3. The molecule has 0 atom stereocenters. The first-order chi connectivity index (χ1) is 10.1. The lowest BCUT2D eigenvalue weighted by Crippen LogP contribution is -2.14. The van der Waals surface area contributed by atoms with E-state index < -0.39 is 12.5 Å². The van der Waals surface area contributed by atoms with Gasteiger partial charge in [0.25, 0.3) is 5.91 Å². The van der Waals surface area contributed by atoms with Gasteiger partial charge in [-0.3, -0.25) is 4.79 Å². The number of carbonyl (C=O) groups excluding carboxylic acids is 1. The molecule has 0 saturated heterocycles. The van der Waals surface area contributed by atoms with Crippen LogP contribution in [-0.4, -0.2) is 12.5 Å². The lowest BCUT2D eigenvalue weighted by atomic mass is 10.1. The van der Waals surface area contributed by atoms with Crippen LogP contribution in [0.15, 0.2) is 48.5 Å². The third-order valence-electron chi connectivity index (χ3n) is 2.71. The Kier molecular flexibility index (Phi) is 5.27. The van der Waals surface area contributed by atoms with Crippen LogP contribution in [0.5, 0.6) is 5.75 Å². The molecule has 0 saturated carbocycles. The van der Waals surface area contributed by atoms with Crippen molar-refractivity contribution >= 4 is 27.5 Å². The molecular weight excluding hydrogens is 344 g/mol. The number of nitrogens with one attached hydrogen (secondary N) is 1. The SMILES string of the molecule is O=C(Nc1ccc(CBr)cc1)c1ccccc1OC(F)F. The number of para-hydroxylation sites is 1. The molecule has 1 amide bonds. The van der Waals surface area contributed by atoms with Gasteiger partial charge in [-0.05, 0) is 29.8 Å². The Bertz CT molecular complexity index is 617. The summed E-state index contributed by atoms with van der Waals surface area (Å²) in [4.78, 5) is 12.1. The summed E-state index contributed by atoms with van der Waals surface area (Å²) >= 11 is 3.33. The van der Waals surface area contributed by atoms with Crippen molar-refractivity contribution < 1.29 is 18.3 Å². The predicted octanol–water partition coefficient (Wildman–Crippen LogP) is 4.44. The molecule has 0 fully saturated rings. The molecule has 0 aliphatic carbocycles. The van der Waals surface area contributed by atoms with Crippen molar-refractivity contribution in [3.8, 4) is 5.75 Å². The molecule has 2 aromatic carbocycles. The molecule has 110 valence electrons. The van der Waals surface area contributed by atoms with E-state index in [1.165, 1.54) is 18.2 Å². The molecule has 0 spiro atoms. The second-order valence-electron chi connectivity index (χ2n) is 4.16. The van der Waals surface area contributed by atoms with Gasteiger partial charge in [0.15, 0.2) is 0 Å². The van der Waals surface area contributed by atoms with Gasteiger partial charge in [-0.1, -0.05) is 40.2 Å². The molecule has 2 rings (SSSR count). The highest BCUT2D eigenvalue weighted by molar-refractivity contribution is 9.08. The zero-order valence-electron chi connectivity index (χ0n) is 10.9. The third kappa shape index (κ3) is 4.26. The van der Waals surface area contributed by atoms with Gasteiger partial charge in [-0.15, -0.1) is 0 Å². The van der Waals surface area contributed by atoms with E-state index in [-0.39, 0.29) is 11.3 Å². The molecule has 0 radical (unpaired) electrons. The largest absolute Gasteiger partial charge is 0.434 e. The number of carbonyl (C=O) groups is 1. The van der Waals surface area contributed by atoms with E-state index in [2.05, 4.69) is 26.0 Å². The Hall–Kier alpha value is -1.95. The zero-order valence-corrected chi connectivity index (χ0v) is 12.4. The summed E-state index contributed by atoms with van der Waals surface area (Å²) in [7, 11) is 0. The second kappa shape index (κ2) is 7.17. The minimum atomic E-state index is -2.97. The first-order valence-electron chi connectivity index (χ1n) is 6.10.